The van der Waals surface area contributed by atoms with Crippen LogP contribution in [0, 0.1) is 59.5 Å². The minimum atomic E-state index is 0. The summed E-state index contributed by atoms with van der Waals surface area (Å²) < 4.78 is 0. The van der Waals surface area contributed by atoms with Crippen molar-refractivity contribution >= 4 is 12.6 Å². The normalized spacial score (nSPS) is 9.59. The number of hydrogen-bond donors (Lipinski definition) is 0. The molecule has 2 rings (SSSR count). The second-order valence-corrected chi connectivity index (χ2v) is 4.47. The Labute approximate surface area is 141 Å². The van der Waals surface area contributed by atoms with Crippen molar-refractivity contribution in [3.63, 3.8) is 0 Å². The number of benzene rings is 2. The minimum Gasteiger partial charge on any atom is -0.807 e. The van der Waals surface area contributed by atoms with Gasteiger partial charge in [-0.2, -0.15) is 0 Å². The third-order valence-corrected chi connectivity index (χ3v) is 3.10. The fraction of sp³-hybridized carbons (Fsp3) is 0.133. The number of rotatable bonds is 2. The van der Waals surface area contributed by atoms with Gasteiger partial charge in [0, 0.05) is 40.4 Å². The Morgan fingerprint density at radius 3 is 1.29 bits per heavy atom. The molecule has 0 fully saturated rings. The van der Waals surface area contributed by atoms with E-state index in [-0.39, 0.29) is 40.4 Å². The van der Waals surface area contributed by atoms with Gasteiger partial charge in [0.2, 0.25) is 0 Å². The van der Waals surface area contributed by atoms with Crippen molar-refractivity contribution in [2.45, 2.75) is 13.8 Å². The average Bonchev–Trinajstić information content (AvgIpc) is 2.30. The molecule has 0 atom stereocenters. The van der Waals surface area contributed by atoms with Crippen LogP contribution in [-0.4, -0.2) is 0 Å². The maximum absolute atomic E-state index is 5.47. The van der Waals surface area contributed by atoms with E-state index in [0.29, 0.717) is 0 Å². The van der Waals surface area contributed by atoms with E-state index in [9.17, 15) is 0 Å². The van der Waals surface area contributed by atoms with Crippen LogP contribution < -0.4 is 0 Å². The molecule has 0 radical (unpaired) electrons. The molecule has 0 saturated heterocycles. The molecule has 2 aromatic rings. The van der Waals surface area contributed by atoms with E-state index in [2.05, 4.69) is 62.4 Å². The maximum Gasteiger partial charge on any atom is 0 e. The molecule has 0 nitrogen and oxygen atoms in total. The number of aryl methyl sites for hydroxylation is 2. The predicted octanol–water partition coefficient (Wildman–Crippen LogP) is 3.78. The van der Waals surface area contributed by atoms with E-state index in [1.807, 2.05) is 0 Å². The van der Waals surface area contributed by atoms with E-state index in [4.69, 9.17) is 12.6 Å². The van der Waals surface area contributed by atoms with Crippen LogP contribution in [0.25, 0.3) is 0 Å². The van der Waals surface area contributed by atoms with E-state index in [0.717, 1.165) is 16.4 Å². The smallest absolute Gasteiger partial charge is 0 e. The van der Waals surface area contributed by atoms with Crippen LogP contribution in [0.3, 0.4) is 0 Å². The van der Waals surface area contributed by atoms with Crippen molar-refractivity contribution in [3.8, 4) is 0 Å². The first kappa shape index (κ1) is 15.1. The molecule has 2 heteroatoms. The van der Waals surface area contributed by atoms with Crippen LogP contribution in [0.4, 0.5) is 0 Å². The fourth-order valence-corrected chi connectivity index (χ4v) is 1.85. The molecule has 0 unspecified atom stereocenters. The quantitative estimate of drug-likeness (QED) is 0.568. The van der Waals surface area contributed by atoms with Crippen molar-refractivity contribution < 1.29 is 40.4 Å². The molecule has 2 aromatic carbocycles. The van der Waals surface area contributed by atoms with Gasteiger partial charge in [-0.25, -0.2) is 0 Å². The molecular formula is C15H14SSm-2. The van der Waals surface area contributed by atoms with Crippen molar-refractivity contribution in [1.82, 2.24) is 0 Å². The van der Waals surface area contributed by atoms with Crippen LogP contribution in [0.1, 0.15) is 22.3 Å². The maximum atomic E-state index is 5.47. The Morgan fingerprint density at radius 1 is 0.706 bits per heavy atom. The van der Waals surface area contributed by atoms with Crippen LogP contribution in [0.2, 0.25) is 0 Å². The molecule has 0 aliphatic rings. The summed E-state index contributed by atoms with van der Waals surface area (Å²) in [7, 11) is 0. The number of hydrogen-bond acceptors (Lipinski definition) is 1. The zero-order valence-electron chi connectivity index (χ0n) is 9.94. The first-order chi connectivity index (χ1) is 7.66. The summed E-state index contributed by atoms with van der Waals surface area (Å²) in [5, 5.41) is 0.917. The molecule has 0 spiro atoms. The van der Waals surface area contributed by atoms with Gasteiger partial charge >= 0.3 is 0 Å². The molecule has 0 aliphatic heterocycles. The van der Waals surface area contributed by atoms with Gasteiger partial charge in [0.1, 0.15) is 0 Å². The fourth-order valence-electron chi connectivity index (χ4n) is 1.58. The Bertz CT molecular complexity index is 414. The van der Waals surface area contributed by atoms with E-state index < -0.39 is 0 Å². The molecule has 0 bridgehead atoms. The average molecular weight is 377 g/mol. The summed E-state index contributed by atoms with van der Waals surface area (Å²) in [6.07, 6.45) is 0. The molecule has 17 heavy (non-hydrogen) atoms. The van der Waals surface area contributed by atoms with Crippen molar-refractivity contribution in [3.05, 3.63) is 76.0 Å². The molecule has 0 saturated carbocycles. The van der Waals surface area contributed by atoms with Gasteiger partial charge in [-0.05, 0) is 13.8 Å². The second kappa shape index (κ2) is 6.80. The van der Waals surface area contributed by atoms with Gasteiger partial charge in [-0.3, -0.25) is 5.25 Å². The van der Waals surface area contributed by atoms with Gasteiger partial charge in [0.15, 0.2) is 0 Å². The Kier molecular flexibility index (Phi) is 6.03. The van der Waals surface area contributed by atoms with Crippen molar-refractivity contribution in [2.75, 3.05) is 0 Å². The molecule has 0 N–H and O–H groups in total. The first-order valence-electron chi connectivity index (χ1n) is 5.35. The predicted molar refractivity (Wildman–Crippen MR) is 71.2 cm³/mol. The molecular weight excluding hydrogens is 363 g/mol. The zero-order valence-corrected chi connectivity index (χ0v) is 13.4. The molecule has 0 amide bonds. The van der Waals surface area contributed by atoms with Crippen LogP contribution >= 0.6 is 0 Å². The monoisotopic (exact) mass is 378 g/mol. The zero-order chi connectivity index (χ0) is 11.5. The van der Waals surface area contributed by atoms with Crippen LogP contribution in [0.15, 0.2) is 48.5 Å². The molecule has 0 aliphatic carbocycles. The summed E-state index contributed by atoms with van der Waals surface area (Å²) in [5.74, 6) is 0. The summed E-state index contributed by atoms with van der Waals surface area (Å²) in [5.41, 5.74) is 4.75. The van der Waals surface area contributed by atoms with Gasteiger partial charge in [-0.1, -0.05) is 35.4 Å². The van der Waals surface area contributed by atoms with Gasteiger partial charge in [0.05, 0.1) is 0 Å². The van der Waals surface area contributed by atoms with Gasteiger partial charge < -0.3 is 12.6 Å². The third kappa shape index (κ3) is 4.00. The van der Waals surface area contributed by atoms with E-state index >= 15 is 0 Å². The summed E-state index contributed by atoms with van der Waals surface area (Å²) in [6, 6.07) is 16.7. The Balaban J connectivity index is 0.00000144. The molecule has 88 valence electrons. The van der Waals surface area contributed by atoms with Gasteiger partial charge in [0.25, 0.3) is 0 Å². The summed E-state index contributed by atoms with van der Waals surface area (Å²) in [6.45, 7) is 4.16. The van der Waals surface area contributed by atoms with Crippen molar-refractivity contribution in [1.29, 1.82) is 0 Å². The summed E-state index contributed by atoms with van der Waals surface area (Å²) >= 11 is 5.47. The first-order valence-corrected chi connectivity index (χ1v) is 5.76. The van der Waals surface area contributed by atoms with E-state index in [1.54, 1.807) is 0 Å². The van der Waals surface area contributed by atoms with E-state index in [1.165, 1.54) is 11.1 Å². The van der Waals surface area contributed by atoms with Gasteiger partial charge in [-0.15, -0.1) is 35.4 Å². The topological polar surface area (TPSA) is 0 Å². The Morgan fingerprint density at radius 2 is 1.00 bits per heavy atom. The molecule has 0 aromatic heterocycles. The Hall–Kier alpha value is -0.00234. The van der Waals surface area contributed by atoms with Crippen molar-refractivity contribution in [2.24, 2.45) is 0 Å². The molecule has 0 heterocycles. The second-order valence-electron chi connectivity index (χ2n) is 4.06. The van der Waals surface area contributed by atoms with Crippen LogP contribution in [0.5, 0.6) is 0 Å². The third-order valence-electron chi connectivity index (χ3n) is 2.63. The largest absolute Gasteiger partial charge is 0.807 e. The SMILES string of the molecule is Cc1ccc([C-]([S-])c2ccc(C)cc2)cc1.[Sm]. The standard InChI is InChI=1S/C15H14S.Sm/c1-11-3-7-13(8-4-11)15(16)14-9-5-12(2)6-10-14;/h3-10H,1-2H3;/q-2;. The minimum absolute atomic E-state index is 0. The van der Waals surface area contributed by atoms with Crippen LogP contribution in [-0.2, 0) is 12.6 Å². The summed E-state index contributed by atoms with van der Waals surface area (Å²) in [4.78, 5) is 0.